The van der Waals surface area contributed by atoms with E-state index in [1.807, 2.05) is 13.8 Å². The fourth-order valence-electron chi connectivity index (χ4n) is 3.29. The molecule has 1 aliphatic heterocycles. The lowest BCUT2D eigenvalue weighted by Gasteiger charge is -2.31. The minimum atomic E-state index is -3.56. The number of carbonyl (C=O) groups excluding carboxylic acids is 1. The van der Waals surface area contributed by atoms with E-state index in [1.165, 1.54) is 15.6 Å². The number of carbonyl (C=O) groups is 1. The van der Waals surface area contributed by atoms with E-state index in [-0.39, 0.29) is 12.5 Å². The van der Waals surface area contributed by atoms with Crippen LogP contribution in [0.2, 0.25) is 0 Å². The number of amides is 1. The molecular formula is C20H26N2O5S2. The highest BCUT2D eigenvalue weighted by Gasteiger charge is 2.34. The van der Waals surface area contributed by atoms with Crippen LogP contribution in [0.15, 0.2) is 39.9 Å². The zero-order valence-corrected chi connectivity index (χ0v) is 18.2. The van der Waals surface area contributed by atoms with Gasteiger partial charge in [-0.05, 0) is 50.3 Å². The maximum atomic E-state index is 12.9. The molecule has 3 rings (SSSR count). The van der Waals surface area contributed by atoms with E-state index in [2.05, 4.69) is 5.32 Å². The molecule has 7 nitrogen and oxygen atoms in total. The van der Waals surface area contributed by atoms with Crippen molar-refractivity contribution < 1.29 is 22.7 Å². The van der Waals surface area contributed by atoms with Crippen LogP contribution in [0.1, 0.15) is 26.7 Å². The first-order valence-corrected chi connectivity index (χ1v) is 12.0. The van der Waals surface area contributed by atoms with Gasteiger partial charge in [0.25, 0.3) is 10.0 Å². The molecule has 0 unspecified atom stereocenters. The minimum Gasteiger partial charge on any atom is -0.494 e. The van der Waals surface area contributed by atoms with E-state index in [1.54, 1.807) is 35.7 Å². The van der Waals surface area contributed by atoms with E-state index in [0.717, 1.165) is 0 Å². The van der Waals surface area contributed by atoms with Gasteiger partial charge in [-0.15, -0.1) is 11.3 Å². The average Bonchev–Trinajstić information content (AvgIpc) is 3.26. The highest BCUT2D eigenvalue weighted by Crippen LogP contribution is 2.31. The van der Waals surface area contributed by atoms with Crippen LogP contribution < -0.4 is 14.8 Å². The smallest absolute Gasteiger partial charge is 0.252 e. The summed E-state index contributed by atoms with van der Waals surface area (Å²) in [4.78, 5) is 12.9. The van der Waals surface area contributed by atoms with Gasteiger partial charge in [0.1, 0.15) is 15.7 Å². The second-order valence-electron chi connectivity index (χ2n) is 6.65. The van der Waals surface area contributed by atoms with Crippen molar-refractivity contribution >= 4 is 33.0 Å². The van der Waals surface area contributed by atoms with Gasteiger partial charge in [-0.1, -0.05) is 6.07 Å². The van der Waals surface area contributed by atoms with Crippen LogP contribution in [-0.2, 0) is 14.8 Å². The molecule has 2 heterocycles. The Labute approximate surface area is 175 Å². The van der Waals surface area contributed by atoms with E-state index in [4.69, 9.17) is 9.47 Å². The zero-order valence-electron chi connectivity index (χ0n) is 16.6. The summed E-state index contributed by atoms with van der Waals surface area (Å²) in [5.41, 5.74) is 0.529. The van der Waals surface area contributed by atoms with Crippen molar-refractivity contribution in [1.82, 2.24) is 4.31 Å². The number of sulfonamides is 1. The molecular weight excluding hydrogens is 412 g/mol. The van der Waals surface area contributed by atoms with Crippen LogP contribution in [0.3, 0.4) is 0 Å². The Morgan fingerprint density at radius 2 is 2.03 bits per heavy atom. The van der Waals surface area contributed by atoms with Crippen molar-refractivity contribution in [3.8, 4) is 11.5 Å². The molecule has 1 aliphatic rings. The van der Waals surface area contributed by atoms with Gasteiger partial charge in [-0.2, -0.15) is 4.31 Å². The van der Waals surface area contributed by atoms with Crippen LogP contribution in [-0.4, -0.2) is 44.9 Å². The molecule has 1 amide bonds. The number of thiophene rings is 1. The highest BCUT2D eigenvalue weighted by atomic mass is 32.2. The van der Waals surface area contributed by atoms with E-state index in [9.17, 15) is 13.2 Å². The summed E-state index contributed by atoms with van der Waals surface area (Å²) < 4.78 is 38.4. The molecule has 1 N–H and O–H groups in total. The van der Waals surface area contributed by atoms with Gasteiger partial charge in [0.15, 0.2) is 0 Å². The molecule has 1 fully saturated rings. The van der Waals surface area contributed by atoms with Gasteiger partial charge in [-0.3, -0.25) is 4.79 Å². The number of hydrogen-bond acceptors (Lipinski definition) is 6. The number of piperidine rings is 1. The summed E-state index contributed by atoms with van der Waals surface area (Å²) in [6.45, 7) is 5.33. The molecule has 1 saturated heterocycles. The molecule has 2 aromatic rings. The molecule has 1 aromatic carbocycles. The van der Waals surface area contributed by atoms with Crippen molar-refractivity contribution in [3.05, 3.63) is 35.7 Å². The first kappa shape index (κ1) is 21.6. The Bertz CT molecular complexity index is 928. The van der Waals surface area contributed by atoms with Crippen molar-refractivity contribution in [2.45, 2.75) is 30.9 Å². The second kappa shape index (κ2) is 9.60. The molecule has 0 radical (unpaired) electrons. The fraction of sp³-hybridized carbons (Fsp3) is 0.450. The Hall–Kier alpha value is -2.10. The maximum Gasteiger partial charge on any atom is 0.252 e. The van der Waals surface area contributed by atoms with Gasteiger partial charge in [0, 0.05) is 19.2 Å². The predicted molar refractivity (Wildman–Crippen MR) is 113 cm³/mol. The van der Waals surface area contributed by atoms with E-state index in [0.29, 0.717) is 54.0 Å². The van der Waals surface area contributed by atoms with E-state index >= 15 is 0 Å². The molecule has 1 atom stereocenters. The summed E-state index contributed by atoms with van der Waals surface area (Å²) in [6.07, 6.45) is 1.28. The lowest BCUT2D eigenvalue weighted by Crippen LogP contribution is -2.43. The van der Waals surface area contributed by atoms with Crippen LogP contribution >= 0.6 is 11.3 Å². The monoisotopic (exact) mass is 438 g/mol. The Balaban J connectivity index is 1.74. The number of rotatable bonds is 8. The third kappa shape index (κ3) is 5.09. The van der Waals surface area contributed by atoms with Crippen molar-refractivity contribution in [3.63, 3.8) is 0 Å². The third-order valence-electron chi connectivity index (χ3n) is 4.66. The zero-order chi connectivity index (χ0) is 20.9. The normalized spacial score (nSPS) is 17.7. The minimum absolute atomic E-state index is 0.168. The molecule has 158 valence electrons. The number of nitrogens with zero attached hydrogens (tertiary/aromatic N) is 1. The standard InChI is InChI=1S/C20H26N2O5S2/c1-3-26-16-9-10-18(27-4-2)17(13-16)21-20(23)15-7-5-11-22(14-15)29(24,25)19-8-6-12-28-19/h6,8-10,12-13,15H,3-5,7,11,14H2,1-2H3,(H,21,23)/t15-/m1/s1. The number of anilines is 1. The van der Waals surface area contributed by atoms with Crippen molar-refractivity contribution in [1.29, 1.82) is 0 Å². The third-order valence-corrected chi connectivity index (χ3v) is 7.90. The number of nitrogens with one attached hydrogen (secondary N) is 1. The molecule has 0 aliphatic carbocycles. The van der Waals surface area contributed by atoms with Gasteiger partial charge in [0.05, 0.1) is 24.8 Å². The number of hydrogen-bond donors (Lipinski definition) is 1. The molecule has 0 bridgehead atoms. The van der Waals surface area contributed by atoms with Crippen molar-refractivity contribution in [2.75, 3.05) is 31.6 Å². The summed E-state index contributed by atoms with van der Waals surface area (Å²) in [5.74, 6) is 0.550. The molecule has 1 aromatic heterocycles. The van der Waals surface area contributed by atoms with Crippen LogP contribution in [0.4, 0.5) is 5.69 Å². The summed E-state index contributed by atoms with van der Waals surface area (Å²) in [6, 6.07) is 8.59. The summed E-state index contributed by atoms with van der Waals surface area (Å²) in [5, 5.41) is 4.65. The highest BCUT2D eigenvalue weighted by molar-refractivity contribution is 7.91. The Kier molecular flexibility index (Phi) is 7.15. The molecule has 9 heteroatoms. The van der Waals surface area contributed by atoms with Gasteiger partial charge in [-0.25, -0.2) is 8.42 Å². The SMILES string of the molecule is CCOc1ccc(OCC)c(NC(=O)[C@@H]2CCCN(S(=O)(=O)c3cccs3)C2)c1. The number of benzene rings is 1. The van der Waals surface area contributed by atoms with Crippen LogP contribution in [0.25, 0.3) is 0 Å². The first-order valence-electron chi connectivity index (χ1n) is 9.69. The largest absolute Gasteiger partial charge is 0.494 e. The molecule has 0 spiro atoms. The first-order chi connectivity index (χ1) is 14.0. The quantitative estimate of drug-likeness (QED) is 0.681. The summed E-state index contributed by atoms with van der Waals surface area (Å²) >= 11 is 1.19. The lowest BCUT2D eigenvalue weighted by atomic mass is 9.98. The van der Waals surface area contributed by atoms with E-state index < -0.39 is 15.9 Å². The lowest BCUT2D eigenvalue weighted by molar-refractivity contribution is -0.120. The maximum absolute atomic E-state index is 12.9. The topological polar surface area (TPSA) is 84.9 Å². The predicted octanol–water partition coefficient (Wildman–Crippen LogP) is 3.58. The molecule has 0 saturated carbocycles. The van der Waals surface area contributed by atoms with Gasteiger partial charge >= 0.3 is 0 Å². The van der Waals surface area contributed by atoms with Crippen molar-refractivity contribution in [2.24, 2.45) is 5.92 Å². The Morgan fingerprint density at radius 1 is 1.24 bits per heavy atom. The number of ether oxygens (including phenoxy) is 2. The Morgan fingerprint density at radius 3 is 2.72 bits per heavy atom. The van der Waals surface area contributed by atoms with Gasteiger partial charge < -0.3 is 14.8 Å². The van der Waals surface area contributed by atoms with Crippen LogP contribution in [0, 0.1) is 5.92 Å². The summed E-state index contributed by atoms with van der Waals surface area (Å²) in [7, 11) is -3.56. The van der Waals surface area contributed by atoms with Crippen LogP contribution in [0.5, 0.6) is 11.5 Å². The molecule has 29 heavy (non-hydrogen) atoms. The fourth-order valence-corrected chi connectivity index (χ4v) is 5.96. The van der Waals surface area contributed by atoms with Gasteiger partial charge in [0.2, 0.25) is 5.91 Å². The second-order valence-corrected chi connectivity index (χ2v) is 9.76. The average molecular weight is 439 g/mol.